The van der Waals surface area contributed by atoms with Crippen molar-refractivity contribution in [2.45, 2.75) is 25.5 Å². The van der Waals surface area contributed by atoms with Gasteiger partial charge >= 0.3 is 0 Å². The zero-order valence-corrected chi connectivity index (χ0v) is 16.1. The van der Waals surface area contributed by atoms with E-state index < -0.39 is 0 Å². The van der Waals surface area contributed by atoms with Gasteiger partial charge in [-0.3, -0.25) is 9.48 Å². The van der Waals surface area contributed by atoms with Crippen LogP contribution in [0.15, 0.2) is 18.2 Å². The molecule has 0 saturated heterocycles. The van der Waals surface area contributed by atoms with E-state index in [2.05, 4.69) is 24.3 Å². The van der Waals surface area contributed by atoms with Crippen LogP contribution in [0.25, 0.3) is 0 Å². The summed E-state index contributed by atoms with van der Waals surface area (Å²) in [5, 5.41) is 8.80. The molecule has 24 heavy (non-hydrogen) atoms. The molecule has 0 fully saturated rings. The minimum Gasteiger partial charge on any atom is -0.310 e. The van der Waals surface area contributed by atoms with Gasteiger partial charge in [0.25, 0.3) is 0 Å². The lowest BCUT2D eigenvalue weighted by Gasteiger charge is -2.18. The fourth-order valence-electron chi connectivity index (χ4n) is 2.93. The number of fused-ring (bicyclic) bond motifs is 1. The van der Waals surface area contributed by atoms with Crippen LogP contribution in [0.5, 0.6) is 0 Å². The first-order chi connectivity index (χ1) is 11.4. The van der Waals surface area contributed by atoms with Gasteiger partial charge in [-0.1, -0.05) is 43.1 Å². The normalized spacial score (nSPS) is 17.6. The van der Waals surface area contributed by atoms with Crippen molar-refractivity contribution in [1.29, 1.82) is 0 Å². The van der Waals surface area contributed by atoms with Crippen LogP contribution in [0.2, 0.25) is 10.0 Å². The molecule has 1 aliphatic rings. The summed E-state index contributed by atoms with van der Waals surface area (Å²) in [6.07, 6.45) is 0.849. The van der Waals surface area contributed by atoms with Crippen molar-refractivity contribution in [2.24, 2.45) is 13.0 Å². The van der Waals surface area contributed by atoms with E-state index in [1.807, 2.05) is 19.2 Å². The minimum atomic E-state index is -0.0498. The molecule has 7 heteroatoms. The number of nitrogens with zero attached hydrogens (tertiary/aromatic N) is 2. The second kappa shape index (κ2) is 6.98. The van der Waals surface area contributed by atoms with Gasteiger partial charge in [-0.15, -0.1) is 11.8 Å². The van der Waals surface area contributed by atoms with E-state index in [4.69, 9.17) is 23.2 Å². The van der Waals surface area contributed by atoms with Crippen LogP contribution < -0.4 is 5.32 Å². The highest BCUT2D eigenvalue weighted by atomic mass is 35.5. The highest BCUT2D eigenvalue weighted by Gasteiger charge is 2.31. The number of carbonyl (C=O) groups excluding carboxylic acids is 1. The van der Waals surface area contributed by atoms with Gasteiger partial charge in [-0.05, 0) is 30.0 Å². The van der Waals surface area contributed by atoms with Crippen LogP contribution in [0.4, 0.5) is 5.82 Å². The molecule has 2 heterocycles. The smallest absolute Gasteiger partial charge is 0.235 e. The van der Waals surface area contributed by atoms with E-state index in [9.17, 15) is 4.79 Å². The zero-order valence-electron chi connectivity index (χ0n) is 13.8. The average molecular weight is 384 g/mol. The van der Waals surface area contributed by atoms with E-state index >= 15 is 0 Å². The Morgan fingerprint density at radius 2 is 2.17 bits per heavy atom. The van der Waals surface area contributed by atoms with Gasteiger partial charge in [-0.25, -0.2) is 0 Å². The Labute approximate surface area is 155 Å². The molecular formula is C17H19Cl2N3OS. The van der Waals surface area contributed by atoms with E-state index in [1.165, 1.54) is 0 Å². The summed E-state index contributed by atoms with van der Waals surface area (Å²) in [5.41, 5.74) is 3.02. The minimum absolute atomic E-state index is 0.0204. The lowest BCUT2D eigenvalue weighted by molar-refractivity contribution is -0.113. The number of halogens is 2. The fraction of sp³-hybridized carbons (Fsp3) is 0.412. The maximum atomic E-state index is 12.1. The first kappa shape index (κ1) is 17.6. The molecule has 0 aliphatic carbocycles. The second-order valence-corrected chi connectivity index (χ2v) is 8.27. The topological polar surface area (TPSA) is 46.9 Å². The molecule has 1 amide bonds. The van der Waals surface area contributed by atoms with Gasteiger partial charge in [-0.2, -0.15) is 5.10 Å². The Morgan fingerprint density at radius 1 is 1.42 bits per heavy atom. The molecule has 1 aliphatic heterocycles. The maximum Gasteiger partial charge on any atom is 0.235 e. The van der Waals surface area contributed by atoms with Gasteiger partial charge in [0.05, 0.1) is 16.7 Å². The van der Waals surface area contributed by atoms with Crippen LogP contribution in [-0.4, -0.2) is 21.4 Å². The van der Waals surface area contributed by atoms with Crippen molar-refractivity contribution in [3.8, 4) is 0 Å². The third-order valence-electron chi connectivity index (χ3n) is 3.91. The number of anilines is 1. The molecule has 1 aromatic carbocycles. The Bertz CT molecular complexity index is 788. The Hall–Kier alpha value is -1.17. The van der Waals surface area contributed by atoms with Crippen molar-refractivity contribution in [3.05, 3.63) is 45.1 Å². The largest absolute Gasteiger partial charge is 0.310 e. The summed E-state index contributed by atoms with van der Waals surface area (Å²) in [5.74, 6) is 1.58. The number of hydrogen-bond donors (Lipinski definition) is 1. The lowest BCUT2D eigenvalue weighted by Crippen LogP contribution is -2.15. The summed E-state index contributed by atoms with van der Waals surface area (Å²) >= 11 is 14.1. The van der Waals surface area contributed by atoms with E-state index in [0.717, 1.165) is 29.1 Å². The zero-order chi connectivity index (χ0) is 17.4. The molecule has 0 bridgehead atoms. The van der Waals surface area contributed by atoms with Crippen molar-refractivity contribution >= 4 is 46.7 Å². The highest BCUT2D eigenvalue weighted by Crippen LogP contribution is 2.46. The summed E-state index contributed by atoms with van der Waals surface area (Å²) in [7, 11) is 1.86. The molecule has 2 aromatic rings. The van der Waals surface area contributed by atoms with E-state index in [0.29, 0.717) is 21.7 Å². The van der Waals surface area contributed by atoms with Crippen molar-refractivity contribution in [1.82, 2.24) is 9.78 Å². The van der Waals surface area contributed by atoms with Crippen LogP contribution >= 0.6 is 35.0 Å². The van der Waals surface area contributed by atoms with Crippen molar-refractivity contribution in [2.75, 3.05) is 11.1 Å². The van der Waals surface area contributed by atoms with Crippen LogP contribution in [-0.2, 0) is 18.3 Å². The predicted molar refractivity (Wildman–Crippen MR) is 101 cm³/mol. The van der Waals surface area contributed by atoms with Gasteiger partial charge in [0.1, 0.15) is 5.82 Å². The molecule has 4 nitrogen and oxygen atoms in total. The average Bonchev–Trinajstić information content (AvgIpc) is 2.67. The standard InChI is InChI=1S/C17H19Cl2N3OS/c1-9(2)6-13-15-16(11-5-4-10(18)7-12(11)19)24-8-14(23)20-17(15)22(3)21-13/h4-5,7,9,16H,6,8H2,1-3H3,(H,20,23). The maximum absolute atomic E-state index is 12.1. The Kier molecular flexibility index (Phi) is 5.13. The monoisotopic (exact) mass is 383 g/mol. The molecule has 1 unspecified atom stereocenters. The third-order valence-corrected chi connectivity index (χ3v) is 5.72. The fourth-order valence-corrected chi connectivity index (χ4v) is 4.70. The Balaban J connectivity index is 2.16. The first-order valence-corrected chi connectivity index (χ1v) is 9.59. The molecule has 1 atom stereocenters. The molecular weight excluding hydrogens is 365 g/mol. The summed E-state index contributed by atoms with van der Waals surface area (Å²) < 4.78 is 1.76. The number of nitrogens with one attached hydrogen (secondary N) is 1. The molecule has 0 spiro atoms. The highest BCUT2D eigenvalue weighted by molar-refractivity contribution is 8.00. The van der Waals surface area contributed by atoms with Crippen LogP contribution in [0, 0.1) is 5.92 Å². The van der Waals surface area contributed by atoms with E-state index in [1.54, 1.807) is 22.5 Å². The predicted octanol–water partition coefficient (Wildman–Crippen LogP) is 4.70. The van der Waals surface area contributed by atoms with Crippen LogP contribution in [0.1, 0.15) is 35.9 Å². The van der Waals surface area contributed by atoms with Gasteiger partial charge in [0, 0.05) is 22.7 Å². The summed E-state index contributed by atoms with van der Waals surface area (Å²) in [4.78, 5) is 12.1. The molecule has 0 saturated carbocycles. The van der Waals surface area contributed by atoms with Crippen LogP contribution in [0.3, 0.4) is 0 Å². The summed E-state index contributed by atoms with van der Waals surface area (Å²) in [6, 6.07) is 5.52. The Morgan fingerprint density at radius 3 is 2.83 bits per heavy atom. The second-order valence-electron chi connectivity index (χ2n) is 6.34. The third kappa shape index (κ3) is 3.44. The van der Waals surface area contributed by atoms with Crippen molar-refractivity contribution < 1.29 is 4.79 Å². The molecule has 1 N–H and O–H groups in total. The molecule has 1 aromatic heterocycles. The van der Waals surface area contributed by atoms with Gasteiger partial charge in [0.15, 0.2) is 0 Å². The number of hydrogen-bond acceptors (Lipinski definition) is 3. The number of amides is 1. The number of aromatic nitrogens is 2. The van der Waals surface area contributed by atoms with E-state index in [-0.39, 0.29) is 11.2 Å². The summed E-state index contributed by atoms with van der Waals surface area (Å²) in [6.45, 7) is 4.32. The number of aryl methyl sites for hydroxylation is 1. The molecule has 0 radical (unpaired) electrons. The molecule has 128 valence electrons. The van der Waals surface area contributed by atoms with Gasteiger partial charge < -0.3 is 5.32 Å². The SMILES string of the molecule is CC(C)Cc1nn(C)c2c1C(c1ccc(Cl)cc1Cl)SCC(=O)N2. The first-order valence-electron chi connectivity index (χ1n) is 7.79. The quantitative estimate of drug-likeness (QED) is 0.835. The molecule has 3 rings (SSSR count). The van der Waals surface area contributed by atoms with Crippen molar-refractivity contribution in [3.63, 3.8) is 0 Å². The number of thioether (sulfide) groups is 1. The lowest BCUT2D eigenvalue weighted by atomic mass is 9.99. The number of benzene rings is 1. The number of carbonyl (C=O) groups is 1. The number of rotatable bonds is 3. The van der Waals surface area contributed by atoms with Gasteiger partial charge in [0.2, 0.25) is 5.91 Å².